The van der Waals surface area contributed by atoms with E-state index in [0.717, 1.165) is 22.3 Å². The van der Waals surface area contributed by atoms with E-state index in [2.05, 4.69) is 15.3 Å². The summed E-state index contributed by atoms with van der Waals surface area (Å²) < 4.78 is 0. The van der Waals surface area contributed by atoms with Crippen molar-refractivity contribution in [2.45, 2.75) is 19.8 Å². The molecule has 1 heterocycles. The van der Waals surface area contributed by atoms with Crippen LogP contribution in [-0.4, -0.2) is 27.6 Å². The molecule has 0 unspecified atom stereocenters. The Balaban J connectivity index is 2.13. The van der Waals surface area contributed by atoms with Crippen LogP contribution >= 0.6 is 0 Å². The van der Waals surface area contributed by atoms with Gasteiger partial charge in [-0.2, -0.15) is 0 Å². The predicted molar refractivity (Wildman–Crippen MR) is 69.6 cm³/mol. The molecule has 2 aromatic rings. The molecular weight excluding hydrogens is 230 g/mol. The van der Waals surface area contributed by atoms with Crippen molar-refractivity contribution in [2.75, 3.05) is 11.9 Å². The van der Waals surface area contributed by atoms with Crippen molar-refractivity contribution < 1.29 is 9.90 Å². The van der Waals surface area contributed by atoms with E-state index in [0.29, 0.717) is 13.0 Å². The molecule has 0 amide bonds. The lowest BCUT2D eigenvalue weighted by Crippen LogP contribution is -2.06. The number of aromatic nitrogens is 2. The zero-order valence-electron chi connectivity index (χ0n) is 10.2. The molecule has 0 atom stereocenters. The zero-order chi connectivity index (χ0) is 13.0. The molecule has 0 aliphatic heterocycles. The van der Waals surface area contributed by atoms with Crippen LogP contribution in [0, 0.1) is 6.92 Å². The van der Waals surface area contributed by atoms with Crippen LogP contribution < -0.4 is 5.32 Å². The Morgan fingerprint density at radius 2 is 2.22 bits per heavy atom. The summed E-state index contributed by atoms with van der Waals surface area (Å²) in [5.74, 6) is -0.0192. The Hall–Kier alpha value is -2.17. The monoisotopic (exact) mass is 245 g/mol. The van der Waals surface area contributed by atoms with Gasteiger partial charge in [0.25, 0.3) is 0 Å². The number of nitrogens with one attached hydrogen (secondary N) is 1. The van der Waals surface area contributed by atoms with Gasteiger partial charge in [-0.3, -0.25) is 4.79 Å². The van der Waals surface area contributed by atoms with E-state index in [-0.39, 0.29) is 6.42 Å². The second-order valence-electron chi connectivity index (χ2n) is 4.12. The number of aryl methyl sites for hydroxylation is 1. The minimum Gasteiger partial charge on any atom is -0.481 e. The van der Waals surface area contributed by atoms with Crippen LogP contribution in [-0.2, 0) is 4.79 Å². The molecule has 0 spiro atoms. The number of carbonyl (C=O) groups is 1. The summed E-state index contributed by atoms with van der Waals surface area (Å²) in [7, 11) is 0. The fourth-order valence-electron chi connectivity index (χ4n) is 1.82. The first-order valence-electron chi connectivity index (χ1n) is 5.84. The molecule has 0 aliphatic carbocycles. The van der Waals surface area contributed by atoms with Gasteiger partial charge in [0.1, 0.15) is 12.1 Å². The van der Waals surface area contributed by atoms with Crippen LogP contribution in [0.2, 0.25) is 0 Å². The number of aliphatic carboxylic acids is 1. The van der Waals surface area contributed by atoms with E-state index in [4.69, 9.17) is 5.11 Å². The minimum atomic E-state index is -0.778. The van der Waals surface area contributed by atoms with Crippen LogP contribution in [0.15, 0.2) is 24.5 Å². The fraction of sp³-hybridized carbons (Fsp3) is 0.308. The molecule has 2 rings (SSSR count). The lowest BCUT2D eigenvalue weighted by atomic mass is 10.1. The Bertz CT molecular complexity index is 569. The van der Waals surface area contributed by atoms with Crippen molar-refractivity contribution in [1.29, 1.82) is 0 Å². The van der Waals surface area contributed by atoms with Crippen LogP contribution in [0.3, 0.4) is 0 Å². The summed E-state index contributed by atoms with van der Waals surface area (Å²) in [5, 5.41) is 12.7. The number of rotatable bonds is 5. The Morgan fingerprint density at radius 1 is 1.39 bits per heavy atom. The first-order valence-corrected chi connectivity index (χ1v) is 5.84. The maximum atomic E-state index is 10.4. The molecule has 1 aromatic heterocycles. The van der Waals surface area contributed by atoms with E-state index >= 15 is 0 Å². The Kier molecular flexibility index (Phi) is 3.72. The topological polar surface area (TPSA) is 75.1 Å². The average molecular weight is 245 g/mol. The Labute approximate surface area is 105 Å². The number of fused-ring (bicyclic) bond motifs is 1. The summed E-state index contributed by atoms with van der Waals surface area (Å²) in [4.78, 5) is 18.9. The highest BCUT2D eigenvalue weighted by molar-refractivity contribution is 5.90. The zero-order valence-corrected chi connectivity index (χ0v) is 10.2. The van der Waals surface area contributed by atoms with Gasteiger partial charge in [-0.25, -0.2) is 9.97 Å². The predicted octanol–water partition coefficient (Wildman–Crippen LogP) is 2.21. The first kappa shape index (κ1) is 12.3. The number of para-hydroxylation sites is 1. The summed E-state index contributed by atoms with van der Waals surface area (Å²) in [6.45, 7) is 2.59. The van der Waals surface area contributed by atoms with Crippen molar-refractivity contribution >= 4 is 22.7 Å². The van der Waals surface area contributed by atoms with E-state index in [1.165, 1.54) is 6.33 Å². The van der Waals surface area contributed by atoms with Crippen molar-refractivity contribution in [3.8, 4) is 0 Å². The number of hydrogen-bond acceptors (Lipinski definition) is 4. The van der Waals surface area contributed by atoms with Gasteiger partial charge in [-0.15, -0.1) is 0 Å². The van der Waals surface area contributed by atoms with Gasteiger partial charge in [0, 0.05) is 18.4 Å². The number of anilines is 1. The third-order valence-electron chi connectivity index (χ3n) is 2.73. The fourth-order valence-corrected chi connectivity index (χ4v) is 1.82. The third-order valence-corrected chi connectivity index (χ3v) is 2.73. The second kappa shape index (κ2) is 5.44. The van der Waals surface area contributed by atoms with Gasteiger partial charge in [0.2, 0.25) is 0 Å². The third kappa shape index (κ3) is 2.74. The van der Waals surface area contributed by atoms with Gasteiger partial charge in [0.15, 0.2) is 0 Å². The van der Waals surface area contributed by atoms with Gasteiger partial charge in [0.05, 0.1) is 5.52 Å². The standard InChI is InChI=1S/C13H15N3O2/c1-9-4-2-5-10-12(9)15-8-16-13(10)14-7-3-6-11(17)18/h2,4-5,8H,3,6-7H2,1H3,(H,17,18)(H,14,15,16). The molecule has 2 N–H and O–H groups in total. The molecule has 94 valence electrons. The second-order valence-corrected chi connectivity index (χ2v) is 4.12. The van der Waals surface area contributed by atoms with Gasteiger partial charge >= 0.3 is 5.97 Å². The highest BCUT2D eigenvalue weighted by atomic mass is 16.4. The quantitative estimate of drug-likeness (QED) is 0.790. The molecule has 0 bridgehead atoms. The van der Waals surface area contributed by atoms with Crippen LogP contribution in [0.4, 0.5) is 5.82 Å². The molecule has 1 aromatic carbocycles. The lowest BCUT2D eigenvalue weighted by molar-refractivity contribution is -0.137. The largest absolute Gasteiger partial charge is 0.481 e. The maximum Gasteiger partial charge on any atom is 0.303 e. The van der Waals surface area contributed by atoms with Gasteiger partial charge < -0.3 is 10.4 Å². The summed E-state index contributed by atoms with van der Waals surface area (Å²) in [5.41, 5.74) is 2.02. The van der Waals surface area contributed by atoms with E-state index in [9.17, 15) is 4.79 Å². The number of carboxylic acid groups (broad SMARTS) is 1. The molecule has 0 radical (unpaired) electrons. The molecule has 5 nitrogen and oxygen atoms in total. The van der Waals surface area contributed by atoms with Gasteiger partial charge in [-0.05, 0) is 25.0 Å². The summed E-state index contributed by atoms with van der Waals surface area (Å²) >= 11 is 0. The highest BCUT2D eigenvalue weighted by Gasteiger charge is 2.04. The molecule has 0 fully saturated rings. The summed E-state index contributed by atoms with van der Waals surface area (Å²) in [6.07, 6.45) is 2.26. The lowest BCUT2D eigenvalue weighted by Gasteiger charge is -2.08. The molecule has 0 saturated carbocycles. The first-order chi connectivity index (χ1) is 8.68. The van der Waals surface area contributed by atoms with E-state index < -0.39 is 5.97 Å². The molecule has 0 saturated heterocycles. The van der Waals surface area contributed by atoms with Crippen LogP contribution in [0.1, 0.15) is 18.4 Å². The number of nitrogens with zero attached hydrogens (tertiary/aromatic N) is 2. The molecule has 5 heteroatoms. The van der Waals surface area contributed by atoms with E-state index in [1.54, 1.807) is 0 Å². The minimum absolute atomic E-state index is 0.162. The van der Waals surface area contributed by atoms with E-state index in [1.807, 2.05) is 25.1 Å². The number of hydrogen-bond donors (Lipinski definition) is 2. The summed E-state index contributed by atoms with van der Waals surface area (Å²) in [6, 6.07) is 5.93. The molecular formula is C13H15N3O2. The number of carboxylic acids is 1. The van der Waals surface area contributed by atoms with Crippen LogP contribution in [0.25, 0.3) is 10.9 Å². The van der Waals surface area contributed by atoms with Crippen molar-refractivity contribution in [1.82, 2.24) is 9.97 Å². The molecule has 0 aliphatic rings. The van der Waals surface area contributed by atoms with Crippen molar-refractivity contribution in [2.24, 2.45) is 0 Å². The Morgan fingerprint density at radius 3 is 3.00 bits per heavy atom. The molecule has 18 heavy (non-hydrogen) atoms. The van der Waals surface area contributed by atoms with Crippen molar-refractivity contribution in [3.63, 3.8) is 0 Å². The normalized spacial score (nSPS) is 10.5. The average Bonchev–Trinajstić information content (AvgIpc) is 2.35. The number of benzene rings is 1. The van der Waals surface area contributed by atoms with Gasteiger partial charge in [-0.1, -0.05) is 12.1 Å². The highest BCUT2D eigenvalue weighted by Crippen LogP contribution is 2.21. The maximum absolute atomic E-state index is 10.4. The van der Waals surface area contributed by atoms with Crippen LogP contribution in [0.5, 0.6) is 0 Å². The van der Waals surface area contributed by atoms with Crippen molar-refractivity contribution in [3.05, 3.63) is 30.1 Å². The SMILES string of the molecule is Cc1cccc2c(NCCCC(=O)O)ncnc12. The smallest absolute Gasteiger partial charge is 0.303 e.